The van der Waals surface area contributed by atoms with Crippen LogP contribution in [0.3, 0.4) is 0 Å². The zero-order valence-electron chi connectivity index (χ0n) is 15.2. The highest BCUT2D eigenvalue weighted by Gasteiger charge is 2.09. The van der Waals surface area contributed by atoms with Crippen molar-refractivity contribution in [1.29, 1.82) is 0 Å². The highest BCUT2D eigenvalue weighted by molar-refractivity contribution is 7.98. The Balaban J connectivity index is 1.75. The van der Waals surface area contributed by atoms with Gasteiger partial charge in [0.15, 0.2) is 0 Å². The van der Waals surface area contributed by atoms with Crippen molar-refractivity contribution in [3.63, 3.8) is 0 Å². The van der Waals surface area contributed by atoms with Gasteiger partial charge < -0.3 is 0 Å². The molecule has 0 heterocycles. The maximum Gasteiger partial charge on any atom is 0.0184 e. The summed E-state index contributed by atoms with van der Waals surface area (Å²) in [5.41, 5.74) is 4.07. The van der Waals surface area contributed by atoms with Gasteiger partial charge in [0.05, 0.1) is 0 Å². The fourth-order valence-corrected chi connectivity index (χ4v) is 4.59. The van der Waals surface area contributed by atoms with Gasteiger partial charge in [0.2, 0.25) is 0 Å². The minimum atomic E-state index is 1.11. The monoisotopic (exact) mass is 356 g/mol. The minimum Gasteiger partial charge on any atom is -0.157 e. The molecule has 0 atom stereocenters. The molecule has 1 heteroatoms. The molecule has 0 saturated heterocycles. The molecule has 0 aliphatic rings. The average molecular weight is 357 g/mol. The van der Waals surface area contributed by atoms with Gasteiger partial charge in [-0.05, 0) is 56.5 Å². The van der Waals surface area contributed by atoms with Crippen molar-refractivity contribution in [3.05, 3.63) is 84.4 Å². The second-order valence-electron chi connectivity index (χ2n) is 6.80. The van der Waals surface area contributed by atoms with Gasteiger partial charge in [-0.3, -0.25) is 0 Å². The van der Waals surface area contributed by atoms with Gasteiger partial charge >= 0.3 is 0 Å². The summed E-state index contributed by atoms with van der Waals surface area (Å²) in [7, 11) is 0. The highest BCUT2D eigenvalue weighted by atomic mass is 32.2. The summed E-state index contributed by atoms with van der Waals surface area (Å²) in [6, 6.07) is 28.9. The maximum absolute atomic E-state index is 2.30. The molecule has 4 aromatic rings. The van der Waals surface area contributed by atoms with Crippen molar-refractivity contribution in [3.8, 4) is 11.1 Å². The van der Waals surface area contributed by atoms with Crippen molar-refractivity contribution in [2.24, 2.45) is 0 Å². The van der Waals surface area contributed by atoms with Gasteiger partial charge in [0.25, 0.3) is 0 Å². The molecule has 0 N–H and O–H groups in total. The molecule has 26 heavy (non-hydrogen) atoms. The lowest BCUT2D eigenvalue weighted by Crippen LogP contribution is -1.87. The lowest BCUT2D eigenvalue weighted by molar-refractivity contribution is 0.896. The summed E-state index contributed by atoms with van der Waals surface area (Å²) < 4.78 is 0. The minimum absolute atomic E-state index is 1.11. The van der Waals surface area contributed by atoms with Gasteiger partial charge in [-0.1, -0.05) is 86.1 Å². The lowest BCUT2D eigenvalue weighted by atomic mass is 9.92. The van der Waals surface area contributed by atoms with E-state index >= 15 is 0 Å². The van der Waals surface area contributed by atoms with E-state index in [4.69, 9.17) is 0 Å². The second-order valence-corrected chi connectivity index (χ2v) is 7.90. The second kappa shape index (κ2) is 7.97. The number of rotatable bonds is 6. The van der Waals surface area contributed by atoms with Crippen molar-refractivity contribution >= 4 is 33.3 Å². The first kappa shape index (κ1) is 17.2. The van der Waals surface area contributed by atoms with E-state index < -0.39 is 0 Å². The van der Waals surface area contributed by atoms with Crippen LogP contribution in [0.4, 0.5) is 0 Å². The molecule has 0 radical (unpaired) electrons. The van der Waals surface area contributed by atoms with E-state index in [9.17, 15) is 0 Å². The molecule has 0 aliphatic carbocycles. The van der Waals surface area contributed by atoms with Crippen LogP contribution in [-0.2, 0) is 5.75 Å². The van der Waals surface area contributed by atoms with E-state index in [2.05, 4.69) is 85.8 Å². The predicted octanol–water partition coefficient (Wildman–Crippen LogP) is 7.69. The SMILES string of the molecule is CCCCSCc1ccc(-c2c3ccccc3cc3ccccc23)cc1. The van der Waals surface area contributed by atoms with Crippen LogP contribution in [0.15, 0.2) is 78.9 Å². The Bertz CT molecular complexity index is 961. The Morgan fingerprint density at radius 1 is 0.731 bits per heavy atom. The molecule has 130 valence electrons. The molecular weight excluding hydrogens is 332 g/mol. The van der Waals surface area contributed by atoms with Crippen LogP contribution in [-0.4, -0.2) is 5.75 Å². The van der Waals surface area contributed by atoms with Gasteiger partial charge in [0, 0.05) is 5.75 Å². The molecule has 0 fully saturated rings. The van der Waals surface area contributed by atoms with Crippen LogP contribution in [0.5, 0.6) is 0 Å². The van der Waals surface area contributed by atoms with Gasteiger partial charge in [-0.25, -0.2) is 0 Å². The summed E-state index contributed by atoms with van der Waals surface area (Å²) in [6.07, 6.45) is 2.59. The third kappa shape index (κ3) is 3.50. The Hall–Kier alpha value is -2.25. The summed E-state index contributed by atoms with van der Waals surface area (Å²) >= 11 is 2.04. The van der Waals surface area contributed by atoms with E-state index in [1.165, 1.54) is 56.8 Å². The fraction of sp³-hybridized carbons (Fsp3) is 0.200. The van der Waals surface area contributed by atoms with Crippen LogP contribution in [0.1, 0.15) is 25.3 Å². The first-order chi connectivity index (χ1) is 12.9. The van der Waals surface area contributed by atoms with Crippen LogP contribution >= 0.6 is 11.8 Å². The normalized spacial score (nSPS) is 11.3. The van der Waals surface area contributed by atoms with Crippen LogP contribution < -0.4 is 0 Å². The van der Waals surface area contributed by atoms with Crippen molar-refractivity contribution in [1.82, 2.24) is 0 Å². The number of benzene rings is 4. The van der Waals surface area contributed by atoms with Crippen molar-refractivity contribution in [2.75, 3.05) is 5.75 Å². The quantitative estimate of drug-likeness (QED) is 0.252. The smallest absolute Gasteiger partial charge is 0.0184 e. The number of hydrogen-bond donors (Lipinski definition) is 0. The molecular formula is C25H24S. The summed E-state index contributed by atoms with van der Waals surface area (Å²) in [6.45, 7) is 2.25. The first-order valence-electron chi connectivity index (χ1n) is 9.44. The summed E-state index contributed by atoms with van der Waals surface area (Å²) in [5.74, 6) is 2.36. The Morgan fingerprint density at radius 2 is 1.35 bits per heavy atom. The van der Waals surface area contributed by atoms with Crippen molar-refractivity contribution < 1.29 is 0 Å². The fourth-order valence-electron chi connectivity index (χ4n) is 3.53. The lowest BCUT2D eigenvalue weighted by Gasteiger charge is -2.12. The van der Waals surface area contributed by atoms with Crippen molar-refractivity contribution in [2.45, 2.75) is 25.5 Å². The van der Waals surface area contributed by atoms with Gasteiger partial charge in [-0.2, -0.15) is 11.8 Å². The molecule has 0 unspecified atom stereocenters. The topological polar surface area (TPSA) is 0 Å². The van der Waals surface area contributed by atoms with Crippen LogP contribution in [0, 0.1) is 0 Å². The molecule has 4 rings (SSSR count). The largest absolute Gasteiger partial charge is 0.157 e. The molecule has 0 aromatic heterocycles. The molecule has 0 aliphatic heterocycles. The third-order valence-corrected chi connectivity index (χ3v) is 6.04. The van der Waals surface area contributed by atoms with Gasteiger partial charge in [0.1, 0.15) is 0 Å². The highest BCUT2D eigenvalue weighted by Crippen LogP contribution is 2.36. The molecule has 0 bridgehead atoms. The number of unbranched alkanes of at least 4 members (excludes halogenated alkanes) is 1. The van der Waals surface area contributed by atoms with Crippen LogP contribution in [0.2, 0.25) is 0 Å². The van der Waals surface area contributed by atoms with Crippen LogP contribution in [0.25, 0.3) is 32.7 Å². The standard InChI is InChI=1S/C25H24S/c1-2-3-16-26-18-19-12-14-20(15-13-19)25-23-10-6-4-8-21(23)17-22-9-5-7-11-24(22)25/h4-15,17H,2-3,16,18H2,1H3. The molecule has 0 saturated carbocycles. The first-order valence-corrected chi connectivity index (χ1v) is 10.6. The average Bonchev–Trinajstić information content (AvgIpc) is 2.70. The van der Waals surface area contributed by atoms with E-state index in [0.717, 1.165) is 5.75 Å². The Kier molecular flexibility index (Phi) is 5.26. The zero-order chi connectivity index (χ0) is 17.8. The third-order valence-electron chi connectivity index (χ3n) is 4.92. The Morgan fingerprint density at radius 3 is 1.96 bits per heavy atom. The van der Waals surface area contributed by atoms with Gasteiger partial charge in [-0.15, -0.1) is 0 Å². The Labute approximate surface area is 160 Å². The molecule has 4 aromatic carbocycles. The van der Waals surface area contributed by atoms with E-state index in [1.807, 2.05) is 11.8 Å². The number of hydrogen-bond acceptors (Lipinski definition) is 1. The van der Waals surface area contributed by atoms with E-state index in [-0.39, 0.29) is 0 Å². The van der Waals surface area contributed by atoms with E-state index in [0.29, 0.717) is 0 Å². The van der Waals surface area contributed by atoms with E-state index in [1.54, 1.807) is 0 Å². The maximum atomic E-state index is 2.30. The molecule has 0 amide bonds. The number of thioether (sulfide) groups is 1. The molecule has 0 nitrogen and oxygen atoms in total. The summed E-state index contributed by atoms with van der Waals surface area (Å²) in [5, 5.41) is 5.27. The predicted molar refractivity (Wildman–Crippen MR) is 118 cm³/mol. The molecule has 0 spiro atoms. The zero-order valence-corrected chi connectivity index (χ0v) is 16.1. The number of fused-ring (bicyclic) bond motifs is 2. The summed E-state index contributed by atoms with van der Waals surface area (Å²) in [4.78, 5) is 0.